The molecule has 3 aromatic rings. The maximum absolute atomic E-state index is 14.1. The second kappa shape index (κ2) is 6.80. The first-order valence-electron chi connectivity index (χ1n) is 8.31. The van der Waals surface area contributed by atoms with Gasteiger partial charge in [0.2, 0.25) is 5.91 Å². The predicted molar refractivity (Wildman–Crippen MR) is 92.8 cm³/mol. The molecule has 3 heterocycles. The summed E-state index contributed by atoms with van der Waals surface area (Å²) in [5, 5.41) is 18.0. The van der Waals surface area contributed by atoms with Gasteiger partial charge >= 0.3 is 0 Å². The molecule has 1 aliphatic heterocycles. The van der Waals surface area contributed by atoms with Crippen molar-refractivity contribution in [1.29, 1.82) is 0 Å². The number of hydrogen-bond donors (Lipinski definition) is 1. The van der Waals surface area contributed by atoms with Gasteiger partial charge in [0.1, 0.15) is 17.3 Å². The lowest BCUT2D eigenvalue weighted by Crippen LogP contribution is -2.28. The molecule has 0 radical (unpaired) electrons. The third-order valence-electron chi connectivity index (χ3n) is 4.54. The van der Waals surface area contributed by atoms with E-state index in [1.54, 1.807) is 6.20 Å². The van der Waals surface area contributed by atoms with Gasteiger partial charge in [0.15, 0.2) is 0 Å². The lowest BCUT2D eigenvalue weighted by atomic mass is 10.1. The molecule has 0 atom stereocenters. The fraction of sp³-hybridized carbons (Fsp3) is 0.167. The minimum atomic E-state index is -0.843. The van der Waals surface area contributed by atoms with E-state index in [0.717, 1.165) is 17.3 Å². The van der Waals surface area contributed by atoms with Gasteiger partial charge in [0.05, 0.1) is 35.5 Å². The van der Waals surface area contributed by atoms with Gasteiger partial charge < -0.3 is 4.90 Å². The van der Waals surface area contributed by atoms with Crippen LogP contribution in [-0.2, 0) is 24.3 Å². The Balaban J connectivity index is 1.64. The Morgan fingerprint density at radius 3 is 2.79 bits per heavy atom. The summed E-state index contributed by atoms with van der Waals surface area (Å²) in [6.45, 7) is 0.680. The standard InChI is InChI=1S/C18H13F2N5O3/c19-11-1-2-12(13(20)5-11)14-3-4-17(25(27)28)15(22-14)6-18(26)24-8-10-7-21-23-16(10)9-24/h1-5,7H,6,8-9H2,(H,21,23). The SMILES string of the molecule is O=C(Cc1nc(-c2ccc(F)cc2F)ccc1[N+](=O)[O-])N1Cc2cn[nH]c2C1. The Morgan fingerprint density at radius 2 is 2.07 bits per heavy atom. The monoisotopic (exact) mass is 385 g/mol. The maximum atomic E-state index is 14.1. The van der Waals surface area contributed by atoms with E-state index >= 15 is 0 Å². The van der Waals surface area contributed by atoms with Crippen molar-refractivity contribution >= 4 is 11.6 Å². The van der Waals surface area contributed by atoms with Crippen molar-refractivity contribution in [1.82, 2.24) is 20.1 Å². The summed E-state index contributed by atoms with van der Waals surface area (Å²) in [4.78, 5) is 29.0. The fourth-order valence-electron chi connectivity index (χ4n) is 3.13. The average Bonchev–Trinajstić information content (AvgIpc) is 3.23. The molecular weight excluding hydrogens is 372 g/mol. The molecule has 1 amide bonds. The van der Waals surface area contributed by atoms with Crippen molar-refractivity contribution in [3.05, 3.63) is 75.2 Å². The van der Waals surface area contributed by atoms with Crippen LogP contribution in [0.25, 0.3) is 11.3 Å². The number of nitrogens with zero attached hydrogens (tertiary/aromatic N) is 4. The van der Waals surface area contributed by atoms with Crippen LogP contribution in [0.4, 0.5) is 14.5 Å². The zero-order chi connectivity index (χ0) is 19.8. The molecule has 0 fully saturated rings. The van der Waals surface area contributed by atoms with Crippen LogP contribution in [0.2, 0.25) is 0 Å². The lowest BCUT2D eigenvalue weighted by molar-refractivity contribution is -0.385. The summed E-state index contributed by atoms with van der Waals surface area (Å²) in [6.07, 6.45) is 1.31. The van der Waals surface area contributed by atoms with Crippen LogP contribution in [0.5, 0.6) is 0 Å². The number of aromatic amines is 1. The molecular formula is C18H13F2N5O3. The molecule has 0 saturated heterocycles. The third kappa shape index (κ3) is 3.20. The minimum absolute atomic E-state index is 0.00720. The van der Waals surface area contributed by atoms with E-state index < -0.39 is 16.6 Å². The number of amides is 1. The highest BCUT2D eigenvalue weighted by Crippen LogP contribution is 2.27. The second-order valence-electron chi connectivity index (χ2n) is 6.34. The van der Waals surface area contributed by atoms with Gasteiger partial charge in [0.25, 0.3) is 5.69 Å². The molecule has 0 bridgehead atoms. The smallest absolute Gasteiger partial charge is 0.291 e. The average molecular weight is 385 g/mol. The number of H-pyrrole nitrogens is 1. The third-order valence-corrected chi connectivity index (χ3v) is 4.54. The Kier molecular flexibility index (Phi) is 4.30. The number of rotatable bonds is 4. The first kappa shape index (κ1) is 17.7. The molecule has 1 N–H and O–H groups in total. The molecule has 10 heteroatoms. The van der Waals surface area contributed by atoms with Crippen molar-refractivity contribution in [2.75, 3.05) is 0 Å². The lowest BCUT2D eigenvalue weighted by Gasteiger charge is -2.15. The van der Waals surface area contributed by atoms with Crippen molar-refractivity contribution < 1.29 is 18.5 Å². The van der Waals surface area contributed by atoms with E-state index in [-0.39, 0.29) is 35.0 Å². The van der Waals surface area contributed by atoms with Gasteiger partial charge in [0, 0.05) is 29.8 Å². The zero-order valence-electron chi connectivity index (χ0n) is 14.4. The highest BCUT2D eigenvalue weighted by molar-refractivity contribution is 5.80. The first-order valence-corrected chi connectivity index (χ1v) is 8.31. The summed E-state index contributed by atoms with van der Waals surface area (Å²) in [5.41, 5.74) is 1.37. The summed E-state index contributed by atoms with van der Waals surface area (Å²) in [6, 6.07) is 5.41. The molecule has 1 aromatic carbocycles. The Morgan fingerprint density at radius 1 is 1.25 bits per heavy atom. The van der Waals surface area contributed by atoms with E-state index in [9.17, 15) is 23.7 Å². The number of benzene rings is 1. The molecule has 1 aliphatic rings. The van der Waals surface area contributed by atoms with Crippen LogP contribution in [0.3, 0.4) is 0 Å². The molecule has 0 spiro atoms. The van der Waals surface area contributed by atoms with Gasteiger partial charge in [-0.05, 0) is 18.2 Å². The van der Waals surface area contributed by atoms with Crippen molar-refractivity contribution in [3.8, 4) is 11.3 Å². The van der Waals surface area contributed by atoms with Crippen LogP contribution in [0.1, 0.15) is 17.0 Å². The molecule has 8 nitrogen and oxygen atoms in total. The topological polar surface area (TPSA) is 105 Å². The van der Waals surface area contributed by atoms with E-state index in [1.807, 2.05) is 0 Å². The maximum Gasteiger partial charge on any atom is 0.291 e. The normalized spacial score (nSPS) is 12.9. The number of nitro groups is 1. The van der Waals surface area contributed by atoms with Crippen LogP contribution >= 0.6 is 0 Å². The first-order chi connectivity index (χ1) is 13.4. The van der Waals surface area contributed by atoms with Crippen LogP contribution in [-0.4, -0.2) is 30.9 Å². The van der Waals surface area contributed by atoms with Crippen LogP contribution < -0.4 is 0 Å². The Labute approximate surface area is 157 Å². The minimum Gasteiger partial charge on any atom is -0.332 e. The van der Waals surface area contributed by atoms with Crippen LogP contribution in [0.15, 0.2) is 36.5 Å². The van der Waals surface area contributed by atoms with Crippen molar-refractivity contribution in [2.45, 2.75) is 19.5 Å². The van der Waals surface area contributed by atoms with Gasteiger partial charge in [-0.3, -0.25) is 20.0 Å². The fourth-order valence-corrected chi connectivity index (χ4v) is 3.13. The van der Waals surface area contributed by atoms with E-state index in [0.29, 0.717) is 19.2 Å². The number of halogens is 2. The zero-order valence-corrected chi connectivity index (χ0v) is 14.4. The molecule has 0 saturated carbocycles. The number of pyridine rings is 1. The van der Waals surface area contributed by atoms with Gasteiger partial charge in [-0.15, -0.1) is 0 Å². The number of carbonyl (C=O) groups is 1. The van der Waals surface area contributed by atoms with Gasteiger partial charge in [-0.1, -0.05) is 0 Å². The number of fused-ring (bicyclic) bond motifs is 1. The number of carbonyl (C=O) groups excluding carboxylic acids is 1. The highest BCUT2D eigenvalue weighted by Gasteiger charge is 2.28. The Bertz CT molecular complexity index is 1080. The van der Waals surface area contributed by atoms with Crippen LogP contribution in [0, 0.1) is 21.7 Å². The largest absolute Gasteiger partial charge is 0.332 e. The predicted octanol–water partition coefficient (Wildman–Crippen LogP) is 2.74. The molecule has 4 rings (SSSR count). The van der Waals surface area contributed by atoms with Gasteiger partial charge in [-0.2, -0.15) is 5.10 Å². The Hall–Kier alpha value is -3.69. The quantitative estimate of drug-likeness (QED) is 0.549. The van der Waals surface area contributed by atoms with E-state index in [4.69, 9.17) is 0 Å². The summed E-state index contributed by atoms with van der Waals surface area (Å²) in [7, 11) is 0. The summed E-state index contributed by atoms with van der Waals surface area (Å²) in [5.74, 6) is -1.94. The van der Waals surface area contributed by atoms with Crippen molar-refractivity contribution in [2.24, 2.45) is 0 Å². The van der Waals surface area contributed by atoms with E-state index in [1.165, 1.54) is 23.1 Å². The molecule has 28 heavy (non-hydrogen) atoms. The molecule has 0 unspecified atom stereocenters. The molecule has 142 valence electrons. The number of hydrogen-bond acceptors (Lipinski definition) is 5. The second-order valence-corrected chi connectivity index (χ2v) is 6.34. The van der Waals surface area contributed by atoms with E-state index in [2.05, 4.69) is 15.2 Å². The van der Waals surface area contributed by atoms with Gasteiger partial charge in [-0.25, -0.2) is 13.8 Å². The highest BCUT2D eigenvalue weighted by atomic mass is 19.1. The van der Waals surface area contributed by atoms with Crippen molar-refractivity contribution in [3.63, 3.8) is 0 Å². The molecule has 0 aliphatic carbocycles. The number of nitrogens with one attached hydrogen (secondary N) is 1. The molecule has 2 aromatic heterocycles. The summed E-state index contributed by atoms with van der Waals surface area (Å²) < 4.78 is 27.2. The summed E-state index contributed by atoms with van der Waals surface area (Å²) >= 11 is 0. The number of aromatic nitrogens is 3.